The molecular weight excluding hydrogens is 216 g/mol. The van der Waals surface area contributed by atoms with Crippen molar-refractivity contribution in [1.82, 2.24) is 14.8 Å². The molecule has 0 radical (unpaired) electrons. The smallest absolute Gasteiger partial charge is 0.273 e. The van der Waals surface area contributed by atoms with E-state index in [9.17, 15) is 4.79 Å². The third kappa shape index (κ3) is 2.55. The van der Waals surface area contributed by atoms with Crippen molar-refractivity contribution in [2.24, 2.45) is 7.05 Å². The summed E-state index contributed by atoms with van der Waals surface area (Å²) in [4.78, 5) is 11.9. The quantitative estimate of drug-likeness (QED) is 0.846. The monoisotopic (exact) mass is 232 g/mol. The highest BCUT2D eigenvalue weighted by Crippen LogP contribution is 2.09. The predicted octanol–water partition coefficient (Wildman–Crippen LogP) is 1.95. The van der Waals surface area contributed by atoms with E-state index in [1.165, 1.54) is 0 Å². The van der Waals surface area contributed by atoms with Gasteiger partial charge in [-0.1, -0.05) is 13.3 Å². The molecule has 17 heavy (non-hydrogen) atoms. The topological polar surface area (TPSA) is 62.7 Å². The molecule has 0 aliphatic heterocycles. The molecular formula is C12H16N4O. The highest BCUT2D eigenvalue weighted by molar-refractivity contribution is 6.02. The van der Waals surface area contributed by atoms with E-state index in [-0.39, 0.29) is 5.91 Å². The van der Waals surface area contributed by atoms with Crippen LogP contribution >= 0.6 is 0 Å². The fourth-order valence-corrected chi connectivity index (χ4v) is 1.70. The van der Waals surface area contributed by atoms with E-state index in [0.717, 1.165) is 18.5 Å². The third-order valence-electron chi connectivity index (χ3n) is 2.57. The van der Waals surface area contributed by atoms with Gasteiger partial charge in [0.05, 0.1) is 0 Å². The minimum atomic E-state index is -0.146. The summed E-state index contributed by atoms with van der Waals surface area (Å²) in [6.45, 7) is 2.10. The number of nitrogens with one attached hydrogen (secondary N) is 2. The Bertz CT molecular complexity index is 512. The van der Waals surface area contributed by atoms with Crippen molar-refractivity contribution < 1.29 is 4.79 Å². The first-order valence-corrected chi connectivity index (χ1v) is 5.67. The fourth-order valence-electron chi connectivity index (χ4n) is 1.70. The normalized spacial score (nSPS) is 10.5. The molecule has 2 aromatic rings. The number of carbonyl (C=O) groups is 1. The average Bonchev–Trinajstić information content (AvgIpc) is 2.88. The predicted molar refractivity (Wildman–Crippen MR) is 65.9 cm³/mol. The van der Waals surface area contributed by atoms with Crippen molar-refractivity contribution in [1.29, 1.82) is 0 Å². The van der Waals surface area contributed by atoms with Crippen LogP contribution in [-0.2, 0) is 13.5 Å². The van der Waals surface area contributed by atoms with Gasteiger partial charge in [-0.25, -0.2) is 0 Å². The molecule has 0 aliphatic carbocycles. The second-order valence-electron chi connectivity index (χ2n) is 3.99. The summed E-state index contributed by atoms with van der Waals surface area (Å²) < 4.78 is 1.77. The van der Waals surface area contributed by atoms with Crippen LogP contribution in [-0.4, -0.2) is 20.7 Å². The van der Waals surface area contributed by atoms with E-state index in [2.05, 4.69) is 22.4 Å². The van der Waals surface area contributed by atoms with Crippen molar-refractivity contribution in [2.75, 3.05) is 5.32 Å². The Kier molecular flexibility index (Phi) is 3.27. The van der Waals surface area contributed by atoms with E-state index >= 15 is 0 Å². The maximum Gasteiger partial charge on any atom is 0.273 e. The molecule has 0 unspecified atom stereocenters. The Balaban J connectivity index is 2.05. The molecule has 1 amide bonds. The number of amides is 1. The Morgan fingerprint density at radius 3 is 3.06 bits per heavy atom. The van der Waals surface area contributed by atoms with Gasteiger partial charge in [-0.15, -0.1) is 0 Å². The average molecular weight is 232 g/mol. The molecule has 0 saturated heterocycles. The van der Waals surface area contributed by atoms with Crippen molar-refractivity contribution in [3.05, 3.63) is 35.8 Å². The number of aryl methyl sites for hydroxylation is 2. The summed E-state index contributed by atoms with van der Waals surface area (Å²) in [6.07, 6.45) is 3.82. The summed E-state index contributed by atoms with van der Waals surface area (Å²) in [7, 11) is 1.84. The summed E-state index contributed by atoms with van der Waals surface area (Å²) in [6, 6.07) is 5.47. The van der Waals surface area contributed by atoms with E-state index in [1.54, 1.807) is 10.6 Å². The highest BCUT2D eigenvalue weighted by Gasteiger charge is 2.10. The lowest BCUT2D eigenvalue weighted by atomic mass is 10.2. The number of aromatic nitrogens is 3. The largest absolute Gasteiger partial charge is 0.347 e. The maximum absolute atomic E-state index is 11.9. The lowest BCUT2D eigenvalue weighted by Crippen LogP contribution is -2.15. The van der Waals surface area contributed by atoms with Gasteiger partial charge in [0.2, 0.25) is 0 Å². The molecule has 5 heteroatoms. The highest BCUT2D eigenvalue weighted by atomic mass is 16.2. The minimum Gasteiger partial charge on any atom is -0.347 e. The summed E-state index contributed by atoms with van der Waals surface area (Å²) in [5.41, 5.74) is 1.65. The lowest BCUT2D eigenvalue weighted by Gasteiger charge is -2.02. The van der Waals surface area contributed by atoms with Gasteiger partial charge in [0.15, 0.2) is 5.82 Å². The summed E-state index contributed by atoms with van der Waals surface area (Å²) in [5.74, 6) is 0.423. The second-order valence-corrected chi connectivity index (χ2v) is 3.99. The molecule has 2 rings (SSSR count). The number of hydrogen-bond acceptors (Lipinski definition) is 2. The van der Waals surface area contributed by atoms with E-state index in [4.69, 9.17) is 0 Å². The van der Waals surface area contributed by atoms with Crippen LogP contribution in [0.3, 0.4) is 0 Å². The number of H-pyrrole nitrogens is 1. The van der Waals surface area contributed by atoms with E-state index in [1.807, 2.05) is 25.4 Å². The lowest BCUT2D eigenvalue weighted by molar-refractivity contribution is 0.101. The third-order valence-corrected chi connectivity index (χ3v) is 2.57. The van der Waals surface area contributed by atoms with Crippen LogP contribution < -0.4 is 5.32 Å². The number of anilines is 1. The first-order valence-electron chi connectivity index (χ1n) is 5.67. The van der Waals surface area contributed by atoms with E-state index in [0.29, 0.717) is 11.5 Å². The molecule has 0 saturated carbocycles. The van der Waals surface area contributed by atoms with Gasteiger partial charge in [-0.05, 0) is 18.6 Å². The number of nitrogens with zero attached hydrogens (tertiary/aromatic N) is 2. The molecule has 0 atom stereocenters. The molecule has 0 aromatic carbocycles. The van der Waals surface area contributed by atoms with Gasteiger partial charge in [-0.2, -0.15) is 5.10 Å². The van der Waals surface area contributed by atoms with Crippen LogP contribution in [0.15, 0.2) is 24.4 Å². The Hall–Kier alpha value is -2.04. The van der Waals surface area contributed by atoms with Crippen molar-refractivity contribution in [3.63, 3.8) is 0 Å². The first kappa shape index (κ1) is 11.4. The molecule has 2 N–H and O–H groups in total. The van der Waals surface area contributed by atoms with Crippen LogP contribution in [0.25, 0.3) is 0 Å². The Morgan fingerprint density at radius 2 is 2.41 bits per heavy atom. The Labute approximate surface area is 99.8 Å². The summed E-state index contributed by atoms with van der Waals surface area (Å²) >= 11 is 0. The molecule has 0 spiro atoms. The van der Waals surface area contributed by atoms with Crippen molar-refractivity contribution in [3.8, 4) is 0 Å². The zero-order valence-corrected chi connectivity index (χ0v) is 10.0. The first-order chi connectivity index (χ1) is 8.20. The van der Waals surface area contributed by atoms with E-state index < -0.39 is 0 Å². The van der Waals surface area contributed by atoms with Crippen LogP contribution in [0.2, 0.25) is 0 Å². The van der Waals surface area contributed by atoms with Crippen LogP contribution in [0, 0.1) is 0 Å². The fraction of sp³-hybridized carbons (Fsp3) is 0.333. The number of hydrogen-bond donors (Lipinski definition) is 2. The van der Waals surface area contributed by atoms with Crippen LogP contribution in [0.4, 0.5) is 5.82 Å². The van der Waals surface area contributed by atoms with Gasteiger partial charge in [0.1, 0.15) is 5.69 Å². The minimum absolute atomic E-state index is 0.146. The summed E-state index contributed by atoms with van der Waals surface area (Å²) in [5, 5.41) is 9.71. The van der Waals surface area contributed by atoms with Gasteiger partial charge in [0, 0.05) is 25.0 Å². The Morgan fingerprint density at radius 1 is 1.59 bits per heavy atom. The van der Waals surface area contributed by atoms with Gasteiger partial charge in [-0.3, -0.25) is 9.89 Å². The van der Waals surface area contributed by atoms with Gasteiger partial charge in [0.25, 0.3) is 5.91 Å². The van der Waals surface area contributed by atoms with Gasteiger partial charge >= 0.3 is 0 Å². The van der Waals surface area contributed by atoms with Gasteiger partial charge < -0.3 is 9.88 Å². The standard InChI is InChI=1S/C12H16N4O/c1-3-5-9-8-11(15-14-9)13-12(17)10-6-4-7-16(10)2/h4,6-8H,3,5H2,1-2H3,(H2,13,14,15,17). The maximum atomic E-state index is 11.9. The molecule has 5 nitrogen and oxygen atoms in total. The second kappa shape index (κ2) is 4.86. The molecule has 0 bridgehead atoms. The molecule has 0 fully saturated rings. The number of carbonyl (C=O) groups excluding carboxylic acids is 1. The van der Waals surface area contributed by atoms with Crippen LogP contribution in [0.1, 0.15) is 29.5 Å². The van der Waals surface area contributed by atoms with Crippen molar-refractivity contribution >= 4 is 11.7 Å². The van der Waals surface area contributed by atoms with Crippen molar-refractivity contribution in [2.45, 2.75) is 19.8 Å². The molecule has 0 aliphatic rings. The molecule has 2 aromatic heterocycles. The number of aromatic amines is 1. The zero-order valence-electron chi connectivity index (χ0n) is 10.0. The number of rotatable bonds is 4. The zero-order chi connectivity index (χ0) is 12.3. The molecule has 90 valence electrons. The molecule has 2 heterocycles. The van der Waals surface area contributed by atoms with Crippen LogP contribution in [0.5, 0.6) is 0 Å². The SMILES string of the molecule is CCCc1cc(NC(=O)c2cccn2C)n[nH]1.